The summed E-state index contributed by atoms with van der Waals surface area (Å²) in [5, 5.41) is 11.1. The predicted octanol–water partition coefficient (Wildman–Crippen LogP) is 3.37. The fourth-order valence-electron chi connectivity index (χ4n) is 2.81. The Labute approximate surface area is 175 Å². The van der Waals surface area contributed by atoms with Gasteiger partial charge in [0.15, 0.2) is 11.8 Å². The van der Waals surface area contributed by atoms with E-state index in [4.69, 9.17) is 0 Å². The van der Waals surface area contributed by atoms with Gasteiger partial charge in [-0.15, -0.1) is 0 Å². The lowest BCUT2D eigenvalue weighted by molar-refractivity contribution is -0.384. The summed E-state index contributed by atoms with van der Waals surface area (Å²) in [6.45, 7) is 7.81. The Hall–Kier alpha value is -3.07. The van der Waals surface area contributed by atoms with Gasteiger partial charge in [0, 0.05) is 47.5 Å². The molecule has 1 heterocycles. The van der Waals surface area contributed by atoms with E-state index >= 15 is 0 Å². The minimum Gasteiger partial charge on any atom is -0.337 e. The third-order valence-corrected chi connectivity index (χ3v) is 4.63. The molecular weight excluding hydrogens is 442 g/mol. The summed E-state index contributed by atoms with van der Waals surface area (Å²) in [5.74, 6) is -1.30. The second kappa shape index (κ2) is 9.42. The molecule has 1 unspecified atom stereocenters. The fraction of sp³-hybridized carbons (Fsp3) is 0.250. The van der Waals surface area contributed by atoms with Gasteiger partial charge in [-0.2, -0.15) is 0 Å². The van der Waals surface area contributed by atoms with Crippen molar-refractivity contribution in [1.29, 1.82) is 0 Å². The van der Waals surface area contributed by atoms with Gasteiger partial charge in [0.05, 0.1) is 4.92 Å². The van der Waals surface area contributed by atoms with Crippen LogP contribution in [0.15, 0.2) is 64.0 Å². The quantitative estimate of drug-likeness (QED) is 0.197. The van der Waals surface area contributed by atoms with Crippen molar-refractivity contribution < 1.29 is 14.5 Å². The maximum atomic E-state index is 13.3. The van der Waals surface area contributed by atoms with Crippen molar-refractivity contribution in [3.63, 3.8) is 0 Å². The molecule has 0 saturated heterocycles. The molecule has 0 bridgehead atoms. The molecule has 1 aromatic heterocycles. The van der Waals surface area contributed by atoms with E-state index < -0.39 is 28.2 Å². The van der Waals surface area contributed by atoms with Gasteiger partial charge >= 0.3 is 0 Å². The molecule has 1 amide bonds. The lowest BCUT2D eigenvalue weighted by atomic mass is 10.0. The number of halogens is 1. The number of hydrogen-bond donors (Lipinski definition) is 0. The molecule has 2 rings (SSSR count). The summed E-state index contributed by atoms with van der Waals surface area (Å²) < 4.78 is 1.54. The summed E-state index contributed by atoms with van der Waals surface area (Å²) >= 11 is 3.24. The molecule has 0 fully saturated rings. The molecule has 1 aromatic carbocycles. The zero-order valence-electron chi connectivity index (χ0n) is 16.0. The number of aromatic nitrogens is 1. The van der Waals surface area contributed by atoms with E-state index in [9.17, 15) is 24.5 Å². The Morgan fingerprint density at radius 3 is 2.59 bits per heavy atom. The molecule has 1 atom stereocenters. The first-order valence-electron chi connectivity index (χ1n) is 8.75. The molecule has 0 aliphatic rings. The van der Waals surface area contributed by atoms with Crippen LogP contribution in [0, 0.1) is 10.1 Å². The highest BCUT2D eigenvalue weighted by molar-refractivity contribution is 9.10. The van der Waals surface area contributed by atoms with Crippen LogP contribution in [0.25, 0.3) is 0 Å². The number of pyridine rings is 1. The molecule has 0 aliphatic carbocycles. The fourth-order valence-corrected chi connectivity index (χ4v) is 3.16. The van der Waals surface area contributed by atoms with Crippen LogP contribution in [0.2, 0.25) is 0 Å². The third kappa shape index (κ3) is 5.26. The standard InChI is InChI=1S/C20H20BrN3O5/c1-4-22(11-13(2)3)20(27)18(23-12-15(21)8-9-17(23)25)19(26)14-6-5-7-16(10-14)24(28)29/h5-10,12,18H,2,4,11H2,1,3H3. The topological polar surface area (TPSA) is 103 Å². The van der Waals surface area contributed by atoms with Crippen molar-refractivity contribution in [3.8, 4) is 0 Å². The van der Waals surface area contributed by atoms with Gasteiger partial charge in [0.2, 0.25) is 0 Å². The Morgan fingerprint density at radius 2 is 2.00 bits per heavy atom. The number of nitrogens with zero attached hydrogens (tertiary/aromatic N) is 3. The second-order valence-electron chi connectivity index (χ2n) is 6.48. The number of nitro benzene ring substituents is 1. The van der Waals surface area contributed by atoms with Crippen molar-refractivity contribution in [2.45, 2.75) is 19.9 Å². The monoisotopic (exact) mass is 461 g/mol. The van der Waals surface area contributed by atoms with E-state index in [1.807, 2.05) is 0 Å². The molecule has 0 radical (unpaired) electrons. The predicted molar refractivity (Wildman–Crippen MR) is 112 cm³/mol. The Bertz CT molecular complexity index is 1030. The van der Waals surface area contributed by atoms with Crippen LogP contribution in [-0.2, 0) is 4.79 Å². The van der Waals surface area contributed by atoms with Crippen LogP contribution in [0.4, 0.5) is 5.69 Å². The minimum absolute atomic E-state index is 0.0317. The average Bonchev–Trinajstić information content (AvgIpc) is 2.68. The zero-order valence-corrected chi connectivity index (χ0v) is 17.6. The number of rotatable bonds is 8. The molecule has 29 heavy (non-hydrogen) atoms. The molecule has 0 spiro atoms. The van der Waals surface area contributed by atoms with Gasteiger partial charge in [-0.1, -0.05) is 24.3 Å². The van der Waals surface area contributed by atoms with Crippen LogP contribution in [0.5, 0.6) is 0 Å². The summed E-state index contributed by atoms with van der Waals surface area (Å²) in [6, 6.07) is 6.33. The summed E-state index contributed by atoms with van der Waals surface area (Å²) in [7, 11) is 0. The minimum atomic E-state index is -1.50. The van der Waals surface area contributed by atoms with Crippen LogP contribution in [0.3, 0.4) is 0 Å². The number of amides is 1. The van der Waals surface area contributed by atoms with Gasteiger partial charge in [-0.3, -0.25) is 29.1 Å². The zero-order chi connectivity index (χ0) is 21.7. The first kappa shape index (κ1) is 22.2. The Morgan fingerprint density at radius 1 is 1.31 bits per heavy atom. The summed E-state index contributed by atoms with van der Waals surface area (Å²) in [4.78, 5) is 50.8. The van der Waals surface area contributed by atoms with Gasteiger partial charge in [0.1, 0.15) is 0 Å². The van der Waals surface area contributed by atoms with E-state index in [-0.39, 0.29) is 17.8 Å². The van der Waals surface area contributed by atoms with Gasteiger partial charge < -0.3 is 4.90 Å². The molecule has 9 heteroatoms. The normalized spacial score (nSPS) is 11.6. The van der Waals surface area contributed by atoms with Crippen LogP contribution in [-0.4, -0.2) is 39.2 Å². The first-order valence-corrected chi connectivity index (χ1v) is 9.54. The highest BCUT2D eigenvalue weighted by atomic mass is 79.9. The van der Waals surface area contributed by atoms with Crippen molar-refractivity contribution in [3.05, 3.63) is 85.3 Å². The lowest BCUT2D eigenvalue weighted by Gasteiger charge is -2.27. The summed E-state index contributed by atoms with van der Waals surface area (Å²) in [5.41, 5.74) is -0.145. The smallest absolute Gasteiger partial charge is 0.270 e. The van der Waals surface area contributed by atoms with Crippen molar-refractivity contribution in [1.82, 2.24) is 9.47 Å². The van der Waals surface area contributed by atoms with Crippen LogP contribution >= 0.6 is 15.9 Å². The van der Waals surface area contributed by atoms with Crippen molar-refractivity contribution >= 4 is 33.3 Å². The number of ketones is 1. The maximum absolute atomic E-state index is 13.3. The largest absolute Gasteiger partial charge is 0.337 e. The Balaban J connectivity index is 2.62. The van der Waals surface area contributed by atoms with E-state index in [1.54, 1.807) is 13.8 Å². The van der Waals surface area contributed by atoms with E-state index in [0.29, 0.717) is 16.6 Å². The molecule has 8 nitrogen and oxygen atoms in total. The van der Waals surface area contributed by atoms with Crippen LogP contribution in [0.1, 0.15) is 30.2 Å². The number of Topliss-reactive ketones (excluding diaryl/α,β-unsaturated/α-hetero) is 1. The number of carbonyl (C=O) groups is 2. The van der Waals surface area contributed by atoms with Gasteiger partial charge in [0.25, 0.3) is 17.2 Å². The van der Waals surface area contributed by atoms with Crippen molar-refractivity contribution in [2.24, 2.45) is 0 Å². The molecule has 0 aliphatic heterocycles. The average molecular weight is 462 g/mol. The van der Waals surface area contributed by atoms with E-state index in [1.165, 1.54) is 41.4 Å². The van der Waals surface area contributed by atoms with Gasteiger partial charge in [-0.05, 0) is 35.8 Å². The Kier molecular flexibility index (Phi) is 7.22. The number of benzene rings is 1. The highest BCUT2D eigenvalue weighted by Crippen LogP contribution is 2.22. The number of carbonyl (C=O) groups excluding carboxylic acids is 2. The number of nitro groups is 1. The number of non-ortho nitro benzene ring substituents is 1. The van der Waals surface area contributed by atoms with E-state index in [2.05, 4.69) is 22.5 Å². The molecule has 0 saturated carbocycles. The maximum Gasteiger partial charge on any atom is 0.270 e. The van der Waals surface area contributed by atoms with E-state index in [0.717, 1.165) is 10.6 Å². The van der Waals surface area contributed by atoms with Gasteiger partial charge in [-0.25, -0.2) is 0 Å². The molecule has 152 valence electrons. The lowest BCUT2D eigenvalue weighted by Crippen LogP contribution is -2.44. The van der Waals surface area contributed by atoms with Crippen LogP contribution < -0.4 is 5.56 Å². The van der Waals surface area contributed by atoms with Crippen molar-refractivity contribution in [2.75, 3.05) is 13.1 Å². The SMILES string of the molecule is C=C(C)CN(CC)C(=O)C(C(=O)c1cccc([N+](=O)[O-])c1)n1cc(Br)ccc1=O. The number of hydrogen-bond acceptors (Lipinski definition) is 5. The highest BCUT2D eigenvalue weighted by Gasteiger charge is 2.34. The third-order valence-electron chi connectivity index (χ3n) is 4.16. The number of likely N-dealkylation sites (N-methyl/N-ethyl adjacent to an activating group) is 1. The molecule has 2 aromatic rings. The molecular formula is C20H20BrN3O5. The molecule has 0 N–H and O–H groups in total. The first-order chi connectivity index (χ1) is 13.6. The summed E-state index contributed by atoms with van der Waals surface area (Å²) in [6.07, 6.45) is 1.36. The second-order valence-corrected chi connectivity index (χ2v) is 7.39.